The van der Waals surface area contributed by atoms with Crippen LogP contribution >= 0.6 is 29.5 Å². The third-order valence-corrected chi connectivity index (χ3v) is 8.79. The van der Waals surface area contributed by atoms with Crippen LogP contribution in [0.5, 0.6) is 0 Å². The maximum atomic E-state index is 5.83. The zero-order chi connectivity index (χ0) is 11.4. The molecule has 2 rings (SSSR count). The Hall–Kier alpha value is -0.470. The van der Waals surface area contributed by atoms with Crippen molar-refractivity contribution in [2.45, 2.75) is 0 Å². The lowest BCUT2D eigenvalue weighted by molar-refractivity contribution is 1.76. The molecule has 0 amide bonds. The van der Waals surface area contributed by atoms with Crippen molar-refractivity contribution in [1.29, 1.82) is 0 Å². The van der Waals surface area contributed by atoms with Gasteiger partial charge in [0.15, 0.2) is 12.2 Å². The van der Waals surface area contributed by atoms with E-state index in [1.54, 1.807) is 0 Å². The van der Waals surface area contributed by atoms with Gasteiger partial charge in [0.25, 0.3) is 0 Å². The lowest BCUT2D eigenvalue weighted by atomic mass is 10.4. The van der Waals surface area contributed by atoms with Gasteiger partial charge in [-0.25, -0.2) is 5.14 Å². The average molecular weight is 265 g/mol. The summed E-state index contributed by atoms with van der Waals surface area (Å²) in [7, 11) is 0. The minimum atomic E-state index is -1.88. The lowest BCUT2D eigenvalue weighted by Gasteiger charge is -2.14. The van der Waals surface area contributed by atoms with Crippen molar-refractivity contribution in [1.82, 2.24) is 0 Å². The molecule has 1 radical (unpaired) electrons. The molecule has 0 saturated carbocycles. The van der Waals surface area contributed by atoms with Gasteiger partial charge >= 0.3 is 0 Å². The highest BCUT2D eigenvalue weighted by molar-refractivity contribution is 8.94. The molecule has 0 spiro atoms. The van der Waals surface area contributed by atoms with Crippen molar-refractivity contribution in [2.75, 3.05) is 0 Å². The first kappa shape index (κ1) is 12.0. The zero-order valence-corrected chi connectivity index (χ0v) is 11.1. The van der Waals surface area contributed by atoms with Crippen LogP contribution in [0.4, 0.5) is 0 Å². The summed E-state index contributed by atoms with van der Waals surface area (Å²) >= 11 is 7.09. The van der Waals surface area contributed by atoms with Crippen molar-refractivity contribution < 1.29 is 0 Å². The van der Waals surface area contributed by atoms with Gasteiger partial charge < -0.3 is 0 Å². The third kappa shape index (κ3) is 2.28. The van der Waals surface area contributed by atoms with Crippen molar-refractivity contribution in [3.05, 3.63) is 60.7 Å². The second-order valence-corrected chi connectivity index (χ2v) is 10.3. The van der Waals surface area contributed by atoms with E-state index in [2.05, 4.69) is 24.3 Å². The first-order chi connectivity index (χ1) is 7.77. The second-order valence-electron chi connectivity index (χ2n) is 3.33. The van der Waals surface area contributed by atoms with Gasteiger partial charge in [0.1, 0.15) is 22.2 Å². The number of rotatable bonds is 3. The third-order valence-electron chi connectivity index (χ3n) is 2.34. The smallest absolute Gasteiger partial charge is 0.229 e. The molecule has 1 nitrogen and oxygen atoms in total. The molecule has 0 aliphatic heterocycles. The van der Waals surface area contributed by atoms with Crippen LogP contribution in [0.1, 0.15) is 0 Å². The molecule has 81 valence electrons. The maximum absolute atomic E-state index is 5.83. The van der Waals surface area contributed by atoms with Crippen LogP contribution in [-0.4, -0.2) is 0 Å². The summed E-state index contributed by atoms with van der Waals surface area (Å²) < 4.78 is 0. The van der Waals surface area contributed by atoms with E-state index >= 15 is 0 Å². The van der Waals surface area contributed by atoms with Crippen LogP contribution < -0.4 is 15.7 Å². The molecule has 0 bridgehead atoms. The Kier molecular flexibility index (Phi) is 3.93. The van der Waals surface area contributed by atoms with Crippen LogP contribution in [0.2, 0.25) is 0 Å². The Morgan fingerprint density at radius 1 is 0.812 bits per heavy atom. The Labute approximate surface area is 106 Å². The van der Waals surface area contributed by atoms with E-state index in [0.717, 1.165) is 10.6 Å². The average Bonchev–Trinajstić information content (AvgIpc) is 2.40. The minimum absolute atomic E-state index is 1.16. The molecule has 0 aliphatic rings. The topological polar surface area (TPSA) is 26.0 Å². The second kappa shape index (κ2) is 5.24. The van der Waals surface area contributed by atoms with E-state index < -0.39 is 5.67 Å². The van der Waals surface area contributed by atoms with Crippen LogP contribution in [0, 0.1) is 0 Å². The molecule has 0 aromatic heterocycles. The Morgan fingerprint density at radius 3 is 1.50 bits per heavy atom. The molecule has 0 unspecified atom stereocenters. The number of benzene rings is 2. The molecule has 2 aromatic rings. The van der Waals surface area contributed by atoms with Gasteiger partial charge in [-0.3, -0.25) is 0 Å². The Bertz CT molecular complexity index is 408. The summed E-state index contributed by atoms with van der Waals surface area (Å²) in [5.41, 5.74) is -1.88. The lowest BCUT2D eigenvalue weighted by Crippen LogP contribution is -2.16. The van der Waals surface area contributed by atoms with E-state index in [0.29, 0.717) is 0 Å². The van der Waals surface area contributed by atoms with Crippen LogP contribution in [0.3, 0.4) is 0 Å². The molecule has 0 atom stereocenters. The molecule has 2 aromatic carbocycles. The fourth-order valence-corrected chi connectivity index (χ4v) is 5.38. The molecular formula is C12H12NPS2+. The van der Waals surface area contributed by atoms with E-state index in [1.807, 2.05) is 36.4 Å². The van der Waals surface area contributed by atoms with Crippen molar-refractivity contribution in [3.63, 3.8) is 0 Å². The van der Waals surface area contributed by atoms with Crippen LogP contribution in [-0.2, 0) is 0 Å². The van der Waals surface area contributed by atoms with Crippen molar-refractivity contribution >= 4 is 40.1 Å². The number of nitrogens with two attached hydrogens (primary N) is 1. The first-order valence-electron chi connectivity index (χ1n) is 4.87. The van der Waals surface area contributed by atoms with Gasteiger partial charge in [0.05, 0.1) is 0 Å². The summed E-state index contributed by atoms with van der Waals surface area (Å²) in [6.45, 7) is 0. The molecular weight excluding hydrogens is 253 g/mol. The van der Waals surface area contributed by atoms with Gasteiger partial charge in [-0.15, -0.1) is 0 Å². The fourth-order valence-electron chi connectivity index (χ4n) is 1.52. The molecule has 0 fully saturated rings. The maximum Gasteiger partial charge on any atom is 0.229 e. The summed E-state index contributed by atoms with van der Waals surface area (Å²) in [5.74, 6) is 0. The highest BCUT2D eigenvalue weighted by Gasteiger charge is 2.42. The number of hydrogen-bond acceptors (Lipinski definition) is 2. The quantitative estimate of drug-likeness (QED) is 0.680. The van der Waals surface area contributed by atoms with Gasteiger partial charge in [0.2, 0.25) is 5.67 Å². The summed E-state index contributed by atoms with van der Waals surface area (Å²) in [5, 5.41) is 8.15. The molecule has 0 heterocycles. The summed E-state index contributed by atoms with van der Waals surface area (Å²) in [6, 6.07) is 20.3. The van der Waals surface area contributed by atoms with Gasteiger partial charge in [-0.2, -0.15) is 0 Å². The highest BCUT2D eigenvalue weighted by atomic mass is 33.1. The van der Waals surface area contributed by atoms with E-state index in [1.165, 1.54) is 11.6 Å². The van der Waals surface area contributed by atoms with Gasteiger partial charge in [-0.1, -0.05) is 36.4 Å². The SMILES string of the molecule is NS[P+]([S])(c1ccccc1)c1ccccc1. The summed E-state index contributed by atoms with van der Waals surface area (Å²) in [6.07, 6.45) is 0. The Balaban J connectivity index is 2.49. The van der Waals surface area contributed by atoms with Crippen molar-refractivity contribution in [2.24, 2.45) is 5.14 Å². The van der Waals surface area contributed by atoms with Gasteiger partial charge in [-0.05, 0) is 24.3 Å². The number of hydrogen-bond donors (Lipinski definition) is 1. The van der Waals surface area contributed by atoms with Crippen LogP contribution in [0.15, 0.2) is 60.7 Å². The monoisotopic (exact) mass is 265 g/mol. The molecule has 16 heavy (non-hydrogen) atoms. The molecule has 2 N–H and O–H groups in total. The summed E-state index contributed by atoms with van der Waals surface area (Å²) in [4.78, 5) is 0. The molecule has 4 heteroatoms. The van der Waals surface area contributed by atoms with E-state index in [-0.39, 0.29) is 0 Å². The first-order valence-corrected chi connectivity index (χ1v) is 9.16. The molecule has 0 saturated heterocycles. The van der Waals surface area contributed by atoms with Gasteiger partial charge in [0, 0.05) is 0 Å². The van der Waals surface area contributed by atoms with E-state index in [4.69, 9.17) is 17.4 Å². The van der Waals surface area contributed by atoms with Crippen molar-refractivity contribution in [3.8, 4) is 0 Å². The van der Waals surface area contributed by atoms with Crippen LogP contribution in [0.25, 0.3) is 0 Å². The predicted molar refractivity (Wildman–Crippen MR) is 78.4 cm³/mol. The fraction of sp³-hybridized carbons (Fsp3) is 0. The Morgan fingerprint density at radius 2 is 1.19 bits per heavy atom. The highest BCUT2D eigenvalue weighted by Crippen LogP contribution is 2.69. The zero-order valence-electron chi connectivity index (χ0n) is 8.61. The predicted octanol–water partition coefficient (Wildman–Crippen LogP) is 3.29. The van der Waals surface area contributed by atoms with E-state index in [9.17, 15) is 0 Å². The minimum Gasteiger partial charge on any atom is -0.242 e. The normalized spacial score (nSPS) is 11.4. The standard InChI is InChI=1S/C12H12NPS2/c13-16-14(15,11-7-3-1-4-8-11)12-9-5-2-6-10-12/h1-10H,13H2/q+1. The largest absolute Gasteiger partial charge is 0.242 e. The molecule has 0 aliphatic carbocycles.